The molecule has 2 aromatic rings. The molecule has 4 heteroatoms. The quantitative estimate of drug-likeness (QED) is 0.912. The van der Waals surface area contributed by atoms with Crippen LogP contribution in [-0.2, 0) is 17.8 Å². The number of fused-ring (bicyclic) bond motifs is 1. The molecule has 3 rings (SSSR count). The van der Waals surface area contributed by atoms with Crippen molar-refractivity contribution in [3.63, 3.8) is 0 Å². The van der Waals surface area contributed by atoms with Crippen molar-refractivity contribution >= 4 is 5.91 Å². The van der Waals surface area contributed by atoms with Crippen molar-refractivity contribution in [1.82, 2.24) is 9.88 Å². The van der Waals surface area contributed by atoms with Crippen LogP contribution in [0.4, 0.5) is 0 Å². The molecule has 1 aromatic carbocycles. The highest BCUT2D eigenvalue weighted by atomic mass is 16.5. The molecule has 1 amide bonds. The van der Waals surface area contributed by atoms with E-state index >= 15 is 0 Å². The zero-order valence-corrected chi connectivity index (χ0v) is 10.6. The van der Waals surface area contributed by atoms with Crippen molar-refractivity contribution in [3.05, 3.63) is 53.9 Å². The molecule has 0 saturated heterocycles. The molecule has 0 bridgehead atoms. The Morgan fingerprint density at radius 2 is 2.11 bits per heavy atom. The van der Waals surface area contributed by atoms with Gasteiger partial charge in [-0.25, -0.2) is 0 Å². The number of aromatic nitrogens is 1. The van der Waals surface area contributed by atoms with Gasteiger partial charge < -0.3 is 14.6 Å². The van der Waals surface area contributed by atoms with E-state index in [-0.39, 0.29) is 12.5 Å². The van der Waals surface area contributed by atoms with Crippen LogP contribution in [-0.4, -0.2) is 28.9 Å². The molecule has 0 atom stereocenters. The standard InChI is InChI=1S/C15H16N2O2/c18-15(11-19-13-4-2-1-3-5-13)17-9-7-14-12(10-17)6-8-16-14/h1-6,8,16H,7,9-11H2. The Morgan fingerprint density at radius 3 is 2.95 bits per heavy atom. The fourth-order valence-electron chi connectivity index (χ4n) is 2.31. The third kappa shape index (κ3) is 2.62. The zero-order chi connectivity index (χ0) is 13.1. The molecule has 19 heavy (non-hydrogen) atoms. The number of hydrogen-bond donors (Lipinski definition) is 1. The molecule has 1 aliphatic heterocycles. The molecule has 1 aromatic heterocycles. The van der Waals surface area contributed by atoms with Crippen LogP contribution >= 0.6 is 0 Å². The summed E-state index contributed by atoms with van der Waals surface area (Å²) in [7, 11) is 0. The first-order valence-corrected chi connectivity index (χ1v) is 6.44. The lowest BCUT2D eigenvalue weighted by Crippen LogP contribution is -2.38. The number of nitrogens with one attached hydrogen (secondary N) is 1. The SMILES string of the molecule is O=C(COc1ccccc1)N1CCc2[nH]ccc2C1. The van der Waals surface area contributed by atoms with Crippen LogP contribution in [0, 0.1) is 0 Å². The van der Waals surface area contributed by atoms with Gasteiger partial charge in [-0.1, -0.05) is 18.2 Å². The van der Waals surface area contributed by atoms with Gasteiger partial charge in [-0.2, -0.15) is 0 Å². The molecule has 0 fully saturated rings. The lowest BCUT2D eigenvalue weighted by Gasteiger charge is -2.27. The molecule has 0 spiro atoms. The van der Waals surface area contributed by atoms with Gasteiger partial charge in [0.05, 0.1) is 0 Å². The van der Waals surface area contributed by atoms with Crippen LogP contribution in [0.1, 0.15) is 11.3 Å². The van der Waals surface area contributed by atoms with Crippen LogP contribution in [0.3, 0.4) is 0 Å². The number of hydrogen-bond acceptors (Lipinski definition) is 2. The highest BCUT2D eigenvalue weighted by molar-refractivity contribution is 5.78. The van der Waals surface area contributed by atoms with Gasteiger partial charge in [0.15, 0.2) is 6.61 Å². The molecule has 1 aliphatic rings. The summed E-state index contributed by atoms with van der Waals surface area (Å²) in [6.07, 6.45) is 2.82. The Hall–Kier alpha value is -2.23. The van der Waals surface area contributed by atoms with Crippen LogP contribution in [0.25, 0.3) is 0 Å². The zero-order valence-electron chi connectivity index (χ0n) is 10.6. The van der Waals surface area contributed by atoms with E-state index in [9.17, 15) is 4.79 Å². The molecule has 0 unspecified atom stereocenters. The molecule has 0 saturated carbocycles. The number of ether oxygens (including phenoxy) is 1. The van der Waals surface area contributed by atoms with Gasteiger partial charge >= 0.3 is 0 Å². The summed E-state index contributed by atoms with van der Waals surface area (Å²) < 4.78 is 5.49. The Balaban J connectivity index is 1.57. The minimum absolute atomic E-state index is 0.0377. The third-order valence-corrected chi connectivity index (χ3v) is 3.38. The van der Waals surface area contributed by atoms with Gasteiger partial charge in [-0.05, 0) is 23.8 Å². The van der Waals surface area contributed by atoms with Gasteiger partial charge in [0.1, 0.15) is 5.75 Å². The maximum atomic E-state index is 12.1. The molecule has 0 aliphatic carbocycles. The second-order valence-electron chi connectivity index (χ2n) is 4.65. The van der Waals surface area contributed by atoms with E-state index in [1.165, 1.54) is 11.3 Å². The molecular formula is C15H16N2O2. The van der Waals surface area contributed by atoms with E-state index in [1.807, 2.05) is 47.5 Å². The summed E-state index contributed by atoms with van der Waals surface area (Å²) in [5.41, 5.74) is 2.45. The maximum Gasteiger partial charge on any atom is 0.260 e. The topological polar surface area (TPSA) is 45.3 Å². The third-order valence-electron chi connectivity index (χ3n) is 3.38. The van der Waals surface area contributed by atoms with E-state index in [2.05, 4.69) is 4.98 Å². The van der Waals surface area contributed by atoms with E-state index in [4.69, 9.17) is 4.74 Å². The second kappa shape index (κ2) is 5.18. The van der Waals surface area contributed by atoms with Crippen LogP contribution in [0.2, 0.25) is 0 Å². The summed E-state index contributed by atoms with van der Waals surface area (Å²) in [6, 6.07) is 11.5. The van der Waals surface area contributed by atoms with Crippen molar-refractivity contribution in [2.75, 3.05) is 13.2 Å². The average molecular weight is 256 g/mol. The predicted molar refractivity (Wildman–Crippen MR) is 71.9 cm³/mol. The van der Waals surface area contributed by atoms with Gasteiger partial charge in [0, 0.05) is 31.4 Å². The number of rotatable bonds is 3. The number of nitrogens with zero attached hydrogens (tertiary/aromatic N) is 1. The van der Waals surface area contributed by atoms with Gasteiger partial charge in [0.25, 0.3) is 5.91 Å². The van der Waals surface area contributed by atoms with Crippen molar-refractivity contribution in [2.45, 2.75) is 13.0 Å². The summed E-state index contributed by atoms with van der Waals surface area (Å²) in [5, 5.41) is 0. The van der Waals surface area contributed by atoms with Crippen molar-refractivity contribution < 1.29 is 9.53 Å². The lowest BCUT2D eigenvalue weighted by atomic mass is 10.1. The van der Waals surface area contributed by atoms with Crippen LogP contribution < -0.4 is 4.74 Å². The number of benzene rings is 1. The normalized spacial score (nSPS) is 14.0. The van der Waals surface area contributed by atoms with E-state index < -0.39 is 0 Å². The predicted octanol–water partition coefficient (Wildman–Crippen LogP) is 1.98. The Bertz CT molecular complexity index is 563. The lowest BCUT2D eigenvalue weighted by molar-refractivity contribution is -0.134. The second-order valence-corrected chi connectivity index (χ2v) is 4.65. The van der Waals surface area contributed by atoms with E-state index in [1.54, 1.807) is 0 Å². The van der Waals surface area contributed by atoms with Crippen molar-refractivity contribution in [3.8, 4) is 5.75 Å². The highest BCUT2D eigenvalue weighted by Crippen LogP contribution is 2.17. The maximum absolute atomic E-state index is 12.1. The molecule has 2 heterocycles. The van der Waals surface area contributed by atoms with Crippen LogP contribution in [0.5, 0.6) is 5.75 Å². The first-order chi connectivity index (χ1) is 9.33. The molecule has 4 nitrogen and oxygen atoms in total. The Kier molecular flexibility index (Phi) is 3.23. The fourth-order valence-corrected chi connectivity index (χ4v) is 2.31. The summed E-state index contributed by atoms with van der Waals surface area (Å²) in [4.78, 5) is 17.1. The number of H-pyrrole nitrogens is 1. The van der Waals surface area contributed by atoms with Gasteiger partial charge in [-0.15, -0.1) is 0 Å². The Labute approximate surface area is 112 Å². The molecule has 98 valence electrons. The number of amides is 1. The molecular weight excluding hydrogens is 240 g/mol. The van der Waals surface area contributed by atoms with Gasteiger partial charge in [0.2, 0.25) is 0 Å². The first-order valence-electron chi connectivity index (χ1n) is 6.44. The number of aromatic amines is 1. The number of carbonyl (C=O) groups is 1. The average Bonchev–Trinajstić information content (AvgIpc) is 2.93. The van der Waals surface area contributed by atoms with E-state index in [0.717, 1.165) is 18.7 Å². The number of carbonyl (C=O) groups excluding carboxylic acids is 1. The molecule has 0 radical (unpaired) electrons. The van der Waals surface area contributed by atoms with Gasteiger partial charge in [-0.3, -0.25) is 4.79 Å². The monoisotopic (exact) mass is 256 g/mol. The minimum Gasteiger partial charge on any atom is -0.484 e. The molecule has 1 N–H and O–H groups in total. The summed E-state index contributed by atoms with van der Waals surface area (Å²) >= 11 is 0. The van der Waals surface area contributed by atoms with Crippen molar-refractivity contribution in [1.29, 1.82) is 0 Å². The minimum atomic E-state index is 0.0377. The van der Waals surface area contributed by atoms with Crippen molar-refractivity contribution in [2.24, 2.45) is 0 Å². The van der Waals surface area contributed by atoms with E-state index in [0.29, 0.717) is 6.54 Å². The summed E-state index contributed by atoms with van der Waals surface area (Å²) in [6.45, 7) is 1.53. The number of para-hydroxylation sites is 1. The Morgan fingerprint density at radius 1 is 1.26 bits per heavy atom. The summed E-state index contributed by atoms with van der Waals surface area (Å²) in [5.74, 6) is 0.769. The first kappa shape index (κ1) is 11.8. The smallest absolute Gasteiger partial charge is 0.260 e. The van der Waals surface area contributed by atoms with Crippen LogP contribution in [0.15, 0.2) is 42.6 Å². The largest absolute Gasteiger partial charge is 0.484 e. The fraction of sp³-hybridized carbons (Fsp3) is 0.267. The highest BCUT2D eigenvalue weighted by Gasteiger charge is 2.21.